The van der Waals surface area contributed by atoms with Gasteiger partial charge in [-0.1, -0.05) is 18.2 Å². The number of carbonyl (C=O) groups is 2. The van der Waals surface area contributed by atoms with Gasteiger partial charge in [-0.25, -0.2) is 14.5 Å². The highest BCUT2D eigenvalue weighted by Crippen LogP contribution is 2.38. The average molecular weight is 521 g/mol. The van der Waals surface area contributed by atoms with Gasteiger partial charge in [0.1, 0.15) is 24.0 Å². The second-order valence-electron chi connectivity index (χ2n) is 7.53. The summed E-state index contributed by atoms with van der Waals surface area (Å²) in [5.74, 6) is 1.37. The van der Waals surface area contributed by atoms with E-state index in [1.807, 2.05) is 18.2 Å². The van der Waals surface area contributed by atoms with E-state index in [0.29, 0.717) is 39.7 Å². The van der Waals surface area contributed by atoms with Crippen molar-refractivity contribution >= 4 is 43.0 Å². The van der Waals surface area contributed by atoms with Crippen LogP contribution in [0, 0.1) is 6.92 Å². The van der Waals surface area contributed by atoms with Crippen LogP contribution in [0.2, 0.25) is 0 Å². The molecule has 11 nitrogen and oxygen atoms in total. The monoisotopic (exact) mass is 520 g/mol. The van der Waals surface area contributed by atoms with Gasteiger partial charge in [0, 0.05) is 39.9 Å². The predicted octanol–water partition coefficient (Wildman–Crippen LogP) is 2.79. The highest BCUT2D eigenvalue weighted by atomic mass is 32.2. The Bertz CT molecular complexity index is 1230. The summed E-state index contributed by atoms with van der Waals surface area (Å²) in [6.07, 6.45) is 3.79. The molecule has 0 bridgehead atoms. The van der Waals surface area contributed by atoms with Crippen LogP contribution in [0.25, 0.3) is 6.08 Å². The predicted molar refractivity (Wildman–Crippen MR) is 131 cm³/mol. The topological polar surface area (TPSA) is 165 Å². The molecule has 2 aromatic rings. The largest absolute Gasteiger partial charge is 0.488 e. The van der Waals surface area contributed by atoms with Crippen LogP contribution >= 0.6 is 19.6 Å². The number of phosphoric ester groups is 1. The Kier molecular flexibility index (Phi) is 8.82. The molecule has 0 unspecified atom stereocenters. The summed E-state index contributed by atoms with van der Waals surface area (Å²) in [6.45, 7) is 3.05. The van der Waals surface area contributed by atoms with Crippen molar-refractivity contribution in [2.24, 2.45) is 0 Å². The first-order chi connectivity index (χ1) is 16.6. The lowest BCUT2D eigenvalue weighted by molar-refractivity contribution is -0.117. The minimum absolute atomic E-state index is 0.0255. The summed E-state index contributed by atoms with van der Waals surface area (Å²) < 4.78 is 21.4. The lowest BCUT2D eigenvalue weighted by Crippen LogP contribution is -2.22. The third kappa shape index (κ3) is 7.48. The van der Waals surface area contributed by atoms with Crippen molar-refractivity contribution in [3.05, 3.63) is 63.6 Å². The van der Waals surface area contributed by atoms with Crippen molar-refractivity contribution in [3.8, 4) is 5.75 Å². The summed E-state index contributed by atoms with van der Waals surface area (Å²) >= 11 is 0.842. The SMILES string of the molecule is CC(=C(CCOP(=O)(O)O)SC(=O)C1=Cc2ccccc2OC1)N(C=O)Cc1cnc(C)nc1N. The Balaban J connectivity index is 1.86. The number of thioether (sulfide) groups is 1. The second-order valence-corrected chi connectivity index (χ2v) is 9.84. The van der Waals surface area contributed by atoms with E-state index in [-0.39, 0.29) is 37.1 Å². The van der Waals surface area contributed by atoms with Crippen molar-refractivity contribution in [1.82, 2.24) is 14.9 Å². The van der Waals surface area contributed by atoms with Gasteiger partial charge in [-0.15, -0.1) is 0 Å². The number of nitrogens with zero attached hydrogens (tertiary/aromatic N) is 3. The number of anilines is 1. The van der Waals surface area contributed by atoms with Gasteiger partial charge >= 0.3 is 7.82 Å². The van der Waals surface area contributed by atoms with Crippen LogP contribution in [0.5, 0.6) is 5.75 Å². The average Bonchev–Trinajstić information content (AvgIpc) is 2.81. The van der Waals surface area contributed by atoms with Gasteiger partial charge in [0.2, 0.25) is 11.5 Å². The van der Waals surface area contributed by atoms with E-state index >= 15 is 0 Å². The van der Waals surface area contributed by atoms with Gasteiger partial charge in [-0.05, 0) is 37.8 Å². The first kappa shape index (κ1) is 26.6. The minimum atomic E-state index is -4.71. The zero-order chi connectivity index (χ0) is 25.6. The molecule has 0 saturated carbocycles. The number of aromatic nitrogens is 2. The molecule has 1 amide bonds. The number of amides is 1. The normalized spacial score (nSPS) is 13.8. The maximum atomic E-state index is 13.1. The first-order valence-electron chi connectivity index (χ1n) is 10.4. The molecule has 0 radical (unpaired) electrons. The van der Waals surface area contributed by atoms with Crippen LogP contribution < -0.4 is 10.5 Å². The van der Waals surface area contributed by atoms with Crippen molar-refractivity contribution in [3.63, 3.8) is 0 Å². The molecular formula is C22H25N4O7PS. The fraction of sp³-hybridized carbons (Fsp3) is 0.273. The van der Waals surface area contributed by atoms with E-state index in [1.54, 1.807) is 26.0 Å². The number of benzene rings is 1. The van der Waals surface area contributed by atoms with Gasteiger partial charge < -0.3 is 25.2 Å². The van der Waals surface area contributed by atoms with Gasteiger partial charge in [0.25, 0.3) is 0 Å². The lowest BCUT2D eigenvalue weighted by Gasteiger charge is -2.23. The number of nitrogen functional groups attached to an aromatic ring is 1. The van der Waals surface area contributed by atoms with E-state index in [0.717, 1.165) is 17.3 Å². The Hall–Kier alpha value is -3.02. The minimum Gasteiger partial charge on any atom is -0.488 e. The standard InChI is InChI=1S/C22H25N4O7PS/c1-14(26(13-27)11-18-10-24-15(2)25-21(18)23)20(7-8-33-34(29,30)31)35-22(28)17-9-16-5-3-4-6-19(16)32-12-17/h3-6,9-10,13H,7-8,11-12H2,1-2H3,(H2,23,24,25)(H2,29,30,31). The van der Waals surface area contributed by atoms with Gasteiger partial charge in [0.05, 0.1) is 13.2 Å². The maximum Gasteiger partial charge on any atom is 0.469 e. The second kappa shape index (κ2) is 11.6. The highest BCUT2D eigenvalue weighted by Gasteiger charge is 2.23. The van der Waals surface area contributed by atoms with Crippen LogP contribution in [-0.4, -0.2) is 49.4 Å². The number of fused-ring (bicyclic) bond motifs is 1. The summed E-state index contributed by atoms with van der Waals surface area (Å²) in [5, 5.41) is -0.325. The van der Waals surface area contributed by atoms with Gasteiger partial charge in [0.15, 0.2) is 0 Å². The van der Waals surface area contributed by atoms with Crippen LogP contribution in [0.3, 0.4) is 0 Å². The molecule has 0 atom stereocenters. The number of carbonyl (C=O) groups excluding carboxylic acids is 2. The summed E-state index contributed by atoms with van der Waals surface area (Å²) in [7, 11) is -4.71. The molecule has 2 heterocycles. The fourth-order valence-electron chi connectivity index (χ4n) is 3.19. The third-order valence-electron chi connectivity index (χ3n) is 5.02. The summed E-state index contributed by atoms with van der Waals surface area (Å²) in [4.78, 5) is 53.0. The molecule has 1 aliphatic rings. The number of para-hydroxylation sites is 1. The van der Waals surface area contributed by atoms with Crippen molar-refractivity contribution in [2.45, 2.75) is 26.8 Å². The first-order valence-corrected chi connectivity index (χ1v) is 12.8. The molecule has 0 spiro atoms. The number of hydrogen-bond acceptors (Lipinski definition) is 9. The van der Waals surface area contributed by atoms with E-state index in [4.69, 9.17) is 20.3 Å². The molecule has 0 fully saturated rings. The zero-order valence-corrected chi connectivity index (χ0v) is 20.8. The van der Waals surface area contributed by atoms with E-state index in [2.05, 4.69) is 14.5 Å². The molecular weight excluding hydrogens is 495 g/mol. The van der Waals surface area contributed by atoms with Crippen molar-refractivity contribution in [2.75, 3.05) is 18.9 Å². The highest BCUT2D eigenvalue weighted by molar-refractivity contribution is 8.17. The zero-order valence-electron chi connectivity index (χ0n) is 19.1. The number of ether oxygens (including phenoxy) is 1. The van der Waals surface area contributed by atoms with Crippen molar-refractivity contribution in [1.29, 1.82) is 0 Å². The molecule has 13 heteroatoms. The third-order valence-corrected chi connectivity index (χ3v) is 6.73. The number of phosphoric acid groups is 1. The van der Waals surface area contributed by atoms with Crippen molar-refractivity contribution < 1.29 is 33.2 Å². The van der Waals surface area contributed by atoms with Crippen LogP contribution in [0.4, 0.5) is 5.82 Å². The molecule has 35 heavy (non-hydrogen) atoms. The lowest BCUT2D eigenvalue weighted by atomic mass is 10.1. The maximum absolute atomic E-state index is 13.1. The molecule has 1 aromatic heterocycles. The molecule has 4 N–H and O–H groups in total. The quantitative estimate of drug-likeness (QED) is 0.311. The Morgan fingerprint density at radius 2 is 2.11 bits per heavy atom. The van der Waals surface area contributed by atoms with Crippen LogP contribution in [0.15, 0.2) is 46.6 Å². The molecule has 186 valence electrons. The van der Waals surface area contributed by atoms with Gasteiger partial charge in [-0.3, -0.25) is 14.1 Å². The van der Waals surface area contributed by atoms with E-state index < -0.39 is 7.82 Å². The molecule has 0 aliphatic carbocycles. The number of nitrogens with two attached hydrogens (primary N) is 1. The fourth-order valence-corrected chi connectivity index (χ4v) is 4.44. The number of allylic oxidation sites excluding steroid dienone is 1. The Labute approximate surface area is 206 Å². The number of rotatable bonds is 10. The smallest absolute Gasteiger partial charge is 0.469 e. The number of hydrogen-bond donors (Lipinski definition) is 3. The van der Waals surface area contributed by atoms with Crippen LogP contribution in [0.1, 0.15) is 30.3 Å². The molecule has 1 aromatic carbocycles. The summed E-state index contributed by atoms with van der Waals surface area (Å²) in [5.41, 5.74) is 8.02. The van der Waals surface area contributed by atoms with Crippen LogP contribution in [-0.2, 0) is 25.2 Å². The van der Waals surface area contributed by atoms with Gasteiger partial charge in [-0.2, -0.15) is 0 Å². The number of aryl methyl sites for hydroxylation is 1. The Morgan fingerprint density at radius 3 is 2.80 bits per heavy atom. The molecule has 1 aliphatic heterocycles. The molecule has 3 rings (SSSR count). The molecule has 0 saturated heterocycles. The Morgan fingerprint density at radius 1 is 1.37 bits per heavy atom. The van der Waals surface area contributed by atoms with E-state index in [9.17, 15) is 14.2 Å². The van der Waals surface area contributed by atoms with E-state index in [1.165, 1.54) is 11.1 Å². The summed E-state index contributed by atoms with van der Waals surface area (Å²) in [6, 6.07) is 7.29.